The molecule has 4 aromatic carbocycles. The third-order valence-electron chi connectivity index (χ3n) is 6.65. The zero-order valence-corrected chi connectivity index (χ0v) is 24.7. The van der Waals surface area contributed by atoms with E-state index in [-0.39, 0.29) is 23.5 Å². The average Bonchev–Trinajstić information content (AvgIpc) is 2.96. The molecule has 0 aliphatic heterocycles. The Morgan fingerprint density at radius 3 is 2.25 bits per heavy atom. The van der Waals surface area contributed by atoms with Gasteiger partial charge < -0.3 is 30.5 Å². The fourth-order valence-corrected chi connectivity index (χ4v) is 4.74. The second kappa shape index (κ2) is 13.6. The van der Waals surface area contributed by atoms with Gasteiger partial charge >= 0.3 is 6.09 Å². The lowest BCUT2D eigenvalue weighted by atomic mass is 10.00. The molecule has 2 unspecified atom stereocenters. The first-order valence-corrected chi connectivity index (χ1v) is 14.0. The van der Waals surface area contributed by atoms with Crippen LogP contribution in [0.25, 0.3) is 10.8 Å². The van der Waals surface area contributed by atoms with Crippen LogP contribution in [0.15, 0.2) is 91.0 Å². The van der Waals surface area contributed by atoms with Crippen LogP contribution in [-0.4, -0.2) is 51.2 Å². The maximum atomic E-state index is 14.2. The Bertz CT molecular complexity index is 1690. The number of anilines is 1. The van der Waals surface area contributed by atoms with E-state index in [1.165, 1.54) is 30.3 Å². The van der Waals surface area contributed by atoms with Gasteiger partial charge in [0.15, 0.2) is 0 Å². The first-order chi connectivity index (χ1) is 20.9. The molecule has 0 aliphatic carbocycles. The zero-order chi connectivity index (χ0) is 31.9. The van der Waals surface area contributed by atoms with Crippen molar-refractivity contribution < 1.29 is 29.3 Å². The number of alkyl carbamates (subject to hydrolysis) is 1. The lowest BCUT2D eigenvalue weighted by Gasteiger charge is -2.33. The third kappa shape index (κ3) is 8.26. The van der Waals surface area contributed by atoms with Crippen LogP contribution in [0.3, 0.4) is 0 Å². The summed E-state index contributed by atoms with van der Waals surface area (Å²) in [6, 6.07) is 24.3. The molecular formula is C34H34N4O6. The maximum absolute atomic E-state index is 14.2. The minimum atomic E-state index is -1.36. The summed E-state index contributed by atoms with van der Waals surface area (Å²) in [4.78, 5) is 42.1. The van der Waals surface area contributed by atoms with Crippen molar-refractivity contribution in [3.8, 4) is 17.6 Å². The minimum absolute atomic E-state index is 0.0251. The van der Waals surface area contributed by atoms with Crippen molar-refractivity contribution >= 4 is 34.4 Å². The van der Waals surface area contributed by atoms with Crippen molar-refractivity contribution in [1.82, 2.24) is 10.2 Å². The first kappa shape index (κ1) is 31.4. The number of carbonyl (C=O) groups is 3. The number of nitrogens with zero attached hydrogens (tertiary/aromatic N) is 2. The van der Waals surface area contributed by atoms with Crippen molar-refractivity contribution in [3.63, 3.8) is 0 Å². The first-order valence-electron chi connectivity index (χ1n) is 14.0. The Balaban J connectivity index is 1.73. The predicted octanol–water partition coefficient (Wildman–Crippen LogP) is 5.42. The highest BCUT2D eigenvalue weighted by Crippen LogP contribution is 2.28. The normalized spacial score (nSPS) is 12.4. The molecule has 0 heterocycles. The molecule has 0 fully saturated rings. The second-order valence-electron chi connectivity index (χ2n) is 11.2. The number of nitrogens with one attached hydrogen (secondary N) is 2. The number of phenolic OH excluding ortho intramolecular Hbond substituents is 2. The van der Waals surface area contributed by atoms with Gasteiger partial charge in [-0.2, -0.15) is 5.26 Å². The number of aromatic hydroxyl groups is 2. The van der Waals surface area contributed by atoms with Crippen molar-refractivity contribution in [2.45, 2.75) is 44.9 Å². The van der Waals surface area contributed by atoms with Crippen LogP contribution in [0.1, 0.15) is 37.9 Å². The van der Waals surface area contributed by atoms with Crippen molar-refractivity contribution in [3.05, 3.63) is 102 Å². The van der Waals surface area contributed by atoms with E-state index in [1.807, 2.05) is 36.4 Å². The van der Waals surface area contributed by atoms with Crippen LogP contribution in [0.2, 0.25) is 0 Å². The van der Waals surface area contributed by atoms with Gasteiger partial charge in [0, 0.05) is 12.1 Å². The third-order valence-corrected chi connectivity index (χ3v) is 6.65. The fraction of sp³-hybridized carbons (Fsp3) is 0.235. The van der Waals surface area contributed by atoms with Crippen LogP contribution in [-0.2, 0) is 20.7 Å². The van der Waals surface area contributed by atoms with Gasteiger partial charge in [-0.1, -0.05) is 54.6 Å². The molecule has 10 nitrogen and oxygen atoms in total. The summed E-state index contributed by atoms with van der Waals surface area (Å²) in [5, 5.41) is 37.1. The standard InChI is InChI=1S/C34H34N4O6/c1-34(2,3)44-33(43)37-29(19-22-11-15-27(39)16-12-22)32(42)38(18-17-35)30(25-9-6-10-28(40)21-25)31(41)36-26-14-13-23-7-4-5-8-24(23)20-26/h4-16,20-21,29-30,39-40H,18-19H2,1-3H3,(H,36,41)(H,37,43). The lowest BCUT2D eigenvalue weighted by Crippen LogP contribution is -2.53. The number of rotatable bonds is 9. The molecule has 4 aromatic rings. The SMILES string of the molecule is CC(C)(C)OC(=O)NC(Cc1ccc(O)cc1)C(=O)N(CC#N)C(C(=O)Nc1ccc2ccccc2c1)c1cccc(O)c1. The highest BCUT2D eigenvalue weighted by molar-refractivity contribution is 6.00. The highest BCUT2D eigenvalue weighted by Gasteiger charge is 2.36. The molecule has 3 amide bonds. The summed E-state index contributed by atoms with van der Waals surface area (Å²) in [6.45, 7) is 4.54. The number of carbonyl (C=O) groups excluding carboxylic acids is 3. The van der Waals surface area contributed by atoms with Gasteiger partial charge in [0.2, 0.25) is 5.91 Å². The molecule has 4 N–H and O–H groups in total. The van der Waals surface area contributed by atoms with Gasteiger partial charge in [0.05, 0.1) is 6.07 Å². The van der Waals surface area contributed by atoms with Gasteiger partial charge in [-0.15, -0.1) is 0 Å². The summed E-state index contributed by atoms with van der Waals surface area (Å²) in [6.07, 6.45) is -0.889. The van der Waals surface area contributed by atoms with Gasteiger partial charge in [0.1, 0.15) is 35.7 Å². The minimum Gasteiger partial charge on any atom is -0.508 e. The van der Waals surface area contributed by atoms with Gasteiger partial charge in [-0.05, 0) is 79.1 Å². The topological polar surface area (TPSA) is 152 Å². The predicted molar refractivity (Wildman–Crippen MR) is 166 cm³/mol. The summed E-state index contributed by atoms with van der Waals surface area (Å²) in [7, 11) is 0. The van der Waals surface area contributed by atoms with Crippen LogP contribution < -0.4 is 10.6 Å². The molecule has 0 saturated heterocycles. The van der Waals surface area contributed by atoms with Gasteiger partial charge in [0.25, 0.3) is 5.91 Å². The summed E-state index contributed by atoms with van der Waals surface area (Å²) in [5.74, 6) is -1.47. The fourth-order valence-electron chi connectivity index (χ4n) is 4.74. The van der Waals surface area contributed by atoms with E-state index >= 15 is 0 Å². The molecular weight excluding hydrogens is 560 g/mol. The average molecular weight is 595 g/mol. The molecule has 0 radical (unpaired) electrons. The van der Waals surface area contributed by atoms with Crippen molar-refractivity contribution in [2.75, 3.05) is 11.9 Å². The Hall–Kier alpha value is -5.56. The van der Waals surface area contributed by atoms with Crippen molar-refractivity contribution in [1.29, 1.82) is 5.26 Å². The molecule has 0 aliphatic rings. The number of hydrogen-bond donors (Lipinski definition) is 4. The number of amides is 3. The molecule has 4 rings (SSSR count). The largest absolute Gasteiger partial charge is 0.508 e. The van der Waals surface area contributed by atoms with Crippen LogP contribution in [0.4, 0.5) is 10.5 Å². The van der Waals surface area contributed by atoms with Crippen LogP contribution in [0.5, 0.6) is 11.5 Å². The van der Waals surface area contributed by atoms with E-state index in [9.17, 15) is 29.9 Å². The molecule has 226 valence electrons. The summed E-state index contributed by atoms with van der Waals surface area (Å²) in [5.41, 5.74) is 0.471. The smallest absolute Gasteiger partial charge is 0.408 e. The molecule has 2 atom stereocenters. The zero-order valence-electron chi connectivity index (χ0n) is 24.7. The number of fused-ring (bicyclic) bond motifs is 1. The number of benzene rings is 4. The summed E-state index contributed by atoms with van der Waals surface area (Å²) >= 11 is 0. The van der Waals surface area contributed by atoms with Crippen LogP contribution >= 0.6 is 0 Å². The maximum Gasteiger partial charge on any atom is 0.408 e. The number of ether oxygens (including phenoxy) is 1. The Morgan fingerprint density at radius 1 is 0.886 bits per heavy atom. The second-order valence-corrected chi connectivity index (χ2v) is 11.2. The molecule has 0 aromatic heterocycles. The highest BCUT2D eigenvalue weighted by atomic mass is 16.6. The molecule has 0 saturated carbocycles. The van der Waals surface area contributed by atoms with E-state index in [0.29, 0.717) is 11.3 Å². The molecule has 10 heteroatoms. The lowest BCUT2D eigenvalue weighted by molar-refractivity contribution is -0.140. The molecule has 0 spiro atoms. The van der Waals surface area contributed by atoms with E-state index in [2.05, 4.69) is 10.6 Å². The van der Waals surface area contributed by atoms with E-state index < -0.39 is 42.1 Å². The van der Waals surface area contributed by atoms with Crippen molar-refractivity contribution in [2.24, 2.45) is 0 Å². The molecule has 44 heavy (non-hydrogen) atoms. The number of nitriles is 1. The monoisotopic (exact) mass is 594 g/mol. The quantitative estimate of drug-likeness (QED) is 0.189. The van der Waals surface area contributed by atoms with E-state index in [4.69, 9.17) is 4.74 Å². The van der Waals surface area contributed by atoms with Gasteiger partial charge in [-0.25, -0.2) is 4.79 Å². The Morgan fingerprint density at radius 2 is 1.59 bits per heavy atom. The van der Waals surface area contributed by atoms with Gasteiger partial charge in [-0.3, -0.25) is 9.59 Å². The van der Waals surface area contributed by atoms with E-state index in [0.717, 1.165) is 15.7 Å². The molecule has 0 bridgehead atoms. The summed E-state index contributed by atoms with van der Waals surface area (Å²) < 4.78 is 5.40. The number of phenols is 2. The van der Waals surface area contributed by atoms with Crippen LogP contribution in [0, 0.1) is 11.3 Å². The van der Waals surface area contributed by atoms with E-state index in [1.54, 1.807) is 51.1 Å². The Labute approximate surface area is 255 Å². The Kier molecular flexibility index (Phi) is 9.71. The number of hydrogen-bond acceptors (Lipinski definition) is 7.